The van der Waals surface area contributed by atoms with Crippen molar-refractivity contribution in [2.45, 2.75) is 137 Å². The van der Waals surface area contributed by atoms with Crippen LogP contribution >= 0.6 is 0 Å². The van der Waals surface area contributed by atoms with E-state index in [0.717, 1.165) is 57.8 Å². The van der Waals surface area contributed by atoms with E-state index in [4.69, 9.17) is 11.4 Å². The van der Waals surface area contributed by atoms with E-state index < -0.39 is 15.1 Å². The first kappa shape index (κ1) is 30.2. The van der Waals surface area contributed by atoms with Gasteiger partial charge in [-0.2, -0.15) is 0 Å². The second-order valence-electron chi connectivity index (χ2n) is 7.37. The molecule has 0 bridgehead atoms. The van der Waals surface area contributed by atoms with E-state index in [1.54, 1.807) is 0 Å². The van der Waals surface area contributed by atoms with Crippen LogP contribution in [0.25, 0.3) is 0 Å². The van der Waals surface area contributed by atoms with Crippen molar-refractivity contribution in [2.24, 2.45) is 0 Å². The summed E-state index contributed by atoms with van der Waals surface area (Å²) >= 11 is -2.27. The molecule has 0 atom stereocenters. The molecule has 0 aromatic carbocycles. The van der Waals surface area contributed by atoms with E-state index in [1.807, 2.05) is 0 Å². The molecule has 0 aromatic heterocycles. The van der Waals surface area contributed by atoms with Gasteiger partial charge >= 0.3 is 66.5 Å². The fraction of sp³-hybridized carbons (Fsp3) is 1.00. The molecular formula is C21H45AlKO3. The molecule has 0 saturated carbocycles. The first-order valence-electron chi connectivity index (χ1n) is 10.9. The third kappa shape index (κ3) is 8.42. The Morgan fingerprint density at radius 3 is 0.692 bits per heavy atom. The van der Waals surface area contributed by atoms with Crippen LogP contribution in [0.1, 0.15) is 120 Å². The summed E-state index contributed by atoms with van der Waals surface area (Å²) in [7, 11) is 0. The Bertz CT molecular complexity index is 263. The Balaban J connectivity index is 0. The summed E-state index contributed by atoms with van der Waals surface area (Å²) in [6, 6.07) is 0. The molecule has 0 heterocycles. The Morgan fingerprint density at radius 2 is 0.577 bits per heavy atom. The van der Waals surface area contributed by atoms with Gasteiger partial charge in [0, 0.05) is 16.8 Å². The van der Waals surface area contributed by atoms with Gasteiger partial charge in [0.2, 0.25) is 0 Å². The molecule has 151 valence electrons. The summed E-state index contributed by atoms with van der Waals surface area (Å²) in [5.41, 5.74) is -0.337. The second-order valence-corrected chi connectivity index (χ2v) is 8.66. The van der Waals surface area contributed by atoms with Gasteiger partial charge in [0.25, 0.3) is 0 Å². The summed E-state index contributed by atoms with van der Waals surface area (Å²) in [5.74, 6) is 0. The van der Waals surface area contributed by atoms with Gasteiger partial charge in [0.1, 0.15) is 0 Å². The van der Waals surface area contributed by atoms with Gasteiger partial charge in [-0.25, -0.2) is 0 Å². The fourth-order valence-electron chi connectivity index (χ4n) is 3.68. The summed E-state index contributed by atoms with van der Waals surface area (Å²) in [6.07, 6.45) is 9.04. The molecule has 0 amide bonds. The maximum Gasteiger partial charge on any atom is 1.00 e. The molecule has 0 aliphatic carbocycles. The molecule has 0 saturated heterocycles. The largest absolute Gasteiger partial charge is 1.00 e. The zero-order valence-corrected chi connectivity index (χ0v) is 23.9. The quantitative estimate of drug-likeness (QED) is 0.382. The Labute approximate surface area is 212 Å². The van der Waals surface area contributed by atoms with E-state index >= 15 is 0 Å². The molecule has 0 spiro atoms. The van der Waals surface area contributed by atoms with Crippen molar-refractivity contribution >= 4 is 15.1 Å². The normalized spacial score (nSPS) is 13.2. The third-order valence-electron chi connectivity index (χ3n) is 6.84. The van der Waals surface area contributed by atoms with Gasteiger partial charge in [-0.15, -0.1) is 0 Å². The smallest absolute Gasteiger partial charge is 0.629 e. The minimum atomic E-state index is -2.27. The average Bonchev–Trinajstić information content (AvgIpc) is 2.68. The SMILES string of the molecule is CCC(CC)(CC)[O][Al-]([O]C(CC)(CC)CC)[O]C(CC)(CC)CC.[K+]. The molecule has 0 N–H and O–H groups in total. The maximum absolute atomic E-state index is 6.70. The van der Waals surface area contributed by atoms with E-state index in [0.29, 0.717) is 0 Å². The van der Waals surface area contributed by atoms with Crippen LogP contribution in [0.3, 0.4) is 0 Å². The first-order valence-corrected chi connectivity index (χ1v) is 12.3. The third-order valence-corrected chi connectivity index (χ3v) is 8.92. The van der Waals surface area contributed by atoms with Gasteiger partial charge < -0.3 is 11.4 Å². The van der Waals surface area contributed by atoms with Crippen LogP contribution in [-0.2, 0) is 11.4 Å². The molecule has 5 heteroatoms. The second kappa shape index (κ2) is 14.9. The van der Waals surface area contributed by atoms with Gasteiger partial charge in [-0.05, 0) is 57.8 Å². The fourth-order valence-corrected chi connectivity index (χ4v) is 6.55. The predicted octanol–water partition coefficient (Wildman–Crippen LogP) is 3.93. The predicted molar refractivity (Wildman–Crippen MR) is 110 cm³/mol. The van der Waals surface area contributed by atoms with Crippen LogP contribution in [-0.4, -0.2) is 32.0 Å². The number of rotatable bonds is 15. The molecule has 0 aliphatic heterocycles. The van der Waals surface area contributed by atoms with Crippen molar-refractivity contribution in [3.8, 4) is 0 Å². The maximum atomic E-state index is 6.70. The molecule has 26 heavy (non-hydrogen) atoms. The molecular weight excluding hydrogens is 366 g/mol. The van der Waals surface area contributed by atoms with Crippen LogP contribution < -0.4 is 51.4 Å². The van der Waals surface area contributed by atoms with Crippen LogP contribution in [0.5, 0.6) is 0 Å². The summed E-state index contributed by atoms with van der Waals surface area (Å²) in [5, 5.41) is 0. The summed E-state index contributed by atoms with van der Waals surface area (Å²) in [4.78, 5) is 0. The molecule has 0 fully saturated rings. The average molecular weight is 412 g/mol. The minimum absolute atomic E-state index is 0. The van der Waals surface area contributed by atoms with Crippen molar-refractivity contribution in [3.05, 3.63) is 0 Å². The standard InChI is InChI=1S/3C7H15O.Al.K/c3*1-4-7(8,5-2)6-3;;/h3*4-6H2,1-3H3;;/q3*-1;+2;+1. The first-order chi connectivity index (χ1) is 11.8. The van der Waals surface area contributed by atoms with Gasteiger partial charge in [0.15, 0.2) is 0 Å². The number of hydrogen-bond acceptors (Lipinski definition) is 3. The van der Waals surface area contributed by atoms with E-state index in [9.17, 15) is 0 Å². The van der Waals surface area contributed by atoms with E-state index in [-0.39, 0.29) is 68.2 Å². The van der Waals surface area contributed by atoms with Crippen LogP contribution in [0.15, 0.2) is 0 Å². The van der Waals surface area contributed by atoms with Crippen molar-refractivity contribution in [1.29, 1.82) is 0 Å². The van der Waals surface area contributed by atoms with Crippen molar-refractivity contribution in [1.82, 2.24) is 0 Å². The van der Waals surface area contributed by atoms with Gasteiger partial charge in [-0.3, -0.25) is 0 Å². The van der Waals surface area contributed by atoms with Crippen LogP contribution in [0.4, 0.5) is 0 Å². The van der Waals surface area contributed by atoms with E-state index in [1.165, 1.54) is 0 Å². The van der Waals surface area contributed by atoms with E-state index in [2.05, 4.69) is 62.3 Å². The number of hydrogen-bond donors (Lipinski definition) is 0. The van der Waals surface area contributed by atoms with Crippen molar-refractivity contribution in [2.75, 3.05) is 0 Å². The monoisotopic (exact) mass is 411 g/mol. The van der Waals surface area contributed by atoms with Crippen molar-refractivity contribution in [3.63, 3.8) is 0 Å². The molecule has 0 aromatic rings. The Morgan fingerprint density at radius 1 is 0.423 bits per heavy atom. The molecule has 0 rings (SSSR count). The van der Waals surface area contributed by atoms with Gasteiger partial charge in [0.05, 0.1) is 0 Å². The zero-order valence-electron chi connectivity index (χ0n) is 19.7. The summed E-state index contributed by atoms with van der Waals surface area (Å²) in [6.45, 7) is 20.0. The van der Waals surface area contributed by atoms with Crippen molar-refractivity contribution < 1.29 is 62.8 Å². The Kier molecular flexibility index (Phi) is 17.4. The van der Waals surface area contributed by atoms with Crippen LogP contribution in [0, 0.1) is 0 Å². The minimum Gasteiger partial charge on any atom is -0.629 e. The zero-order chi connectivity index (χ0) is 19.6. The molecule has 3 nitrogen and oxygen atoms in total. The topological polar surface area (TPSA) is 27.7 Å². The Hall–Kier alpha value is 2.05. The molecule has 0 aliphatic rings. The molecule has 1 radical (unpaired) electrons. The summed E-state index contributed by atoms with van der Waals surface area (Å²) < 4.78 is 20.1. The molecule has 0 unspecified atom stereocenters. The van der Waals surface area contributed by atoms with Crippen LogP contribution in [0.2, 0.25) is 0 Å². The van der Waals surface area contributed by atoms with Gasteiger partial charge in [-0.1, -0.05) is 62.3 Å².